The van der Waals surface area contributed by atoms with Crippen LogP contribution in [0.2, 0.25) is 0 Å². The summed E-state index contributed by atoms with van der Waals surface area (Å²) in [6.07, 6.45) is 0.789. The number of nitrogens with zero attached hydrogens (tertiary/aromatic N) is 1. The first-order valence-electron chi connectivity index (χ1n) is 9.92. The molecule has 0 radical (unpaired) electrons. The van der Waals surface area contributed by atoms with Crippen molar-refractivity contribution in [3.05, 3.63) is 95.1 Å². The molecule has 0 saturated carbocycles. The van der Waals surface area contributed by atoms with Crippen LogP contribution >= 0.6 is 0 Å². The van der Waals surface area contributed by atoms with E-state index in [1.165, 1.54) is 6.07 Å². The molecule has 1 aliphatic rings. The molecule has 30 heavy (non-hydrogen) atoms. The summed E-state index contributed by atoms with van der Waals surface area (Å²) < 4.78 is 28.3. The van der Waals surface area contributed by atoms with Crippen LogP contribution in [0.4, 0.5) is 5.69 Å². The molecule has 0 aromatic heterocycles. The van der Waals surface area contributed by atoms with Crippen LogP contribution in [0.5, 0.6) is 0 Å². The Morgan fingerprint density at radius 2 is 1.73 bits per heavy atom. The van der Waals surface area contributed by atoms with E-state index in [-0.39, 0.29) is 23.4 Å². The molecule has 1 amide bonds. The van der Waals surface area contributed by atoms with Gasteiger partial charge in [0.1, 0.15) is 0 Å². The lowest BCUT2D eigenvalue weighted by molar-refractivity contribution is 0.0980. The molecule has 5 nitrogen and oxygen atoms in total. The zero-order valence-corrected chi connectivity index (χ0v) is 17.8. The summed E-state index contributed by atoms with van der Waals surface area (Å²) >= 11 is 0. The molecule has 154 valence electrons. The number of nitrogens with one attached hydrogen (secondary N) is 1. The molecule has 1 N–H and O–H groups in total. The van der Waals surface area contributed by atoms with Gasteiger partial charge in [0.2, 0.25) is 10.0 Å². The second-order valence-electron chi connectivity index (χ2n) is 7.64. The summed E-state index contributed by atoms with van der Waals surface area (Å²) in [7, 11) is -3.75. The zero-order valence-electron chi connectivity index (χ0n) is 17.0. The number of aryl methyl sites for hydroxylation is 1. The second kappa shape index (κ2) is 8.05. The fraction of sp³-hybridized carbons (Fsp3) is 0.208. The fourth-order valence-electron chi connectivity index (χ4n) is 3.86. The molecule has 6 heteroatoms. The summed E-state index contributed by atoms with van der Waals surface area (Å²) in [6, 6.07) is 21.9. The Hall–Kier alpha value is -2.96. The molecular formula is C24H24N2O3S. The Labute approximate surface area is 177 Å². The molecule has 1 heterocycles. The van der Waals surface area contributed by atoms with Crippen molar-refractivity contribution in [1.82, 2.24) is 4.72 Å². The van der Waals surface area contributed by atoms with Gasteiger partial charge in [-0.2, -0.15) is 0 Å². The highest BCUT2D eigenvalue weighted by atomic mass is 32.2. The van der Waals surface area contributed by atoms with Crippen molar-refractivity contribution in [3.8, 4) is 0 Å². The van der Waals surface area contributed by atoms with Crippen LogP contribution in [0.3, 0.4) is 0 Å². The van der Waals surface area contributed by atoms with Gasteiger partial charge in [0.25, 0.3) is 5.91 Å². The highest BCUT2D eigenvalue weighted by Crippen LogP contribution is 2.33. The van der Waals surface area contributed by atoms with E-state index in [9.17, 15) is 13.2 Å². The number of anilines is 1. The first kappa shape index (κ1) is 20.3. The first-order chi connectivity index (χ1) is 14.4. The number of carbonyl (C=O) groups is 1. The maximum Gasteiger partial charge on any atom is 0.258 e. The third-order valence-electron chi connectivity index (χ3n) is 5.48. The molecule has 1 aliphatic heterocycles. The minimum atomic E-state index is -3.75. The summed E-state index contributed by atoms with van der Waals surface area (Å²) in [5.41, 5.74) is 4.04. The van der Waals surface area contributed by atoms with Gasteiger partial charge in [0, 0.05) is 23.8 Å². The van der Waals surface area contributed by atoms with Gasteiger partial charge in [-0.15, -0.1) is 0 Å². The number of carbonyl (C=O) groups excluding carboxylic acids is 1. The van der Waals surface area contributed by atoms with Gasteiger partial charge in [0.15, 0.2) is 0 Å². The van der Waals surface area contributed by atoms with Crippen molar-refractivity contribution in [1.29, 1.82) is 0 Å². The Morgan fingerprint density at radius 1 is 1.03 bits per heavy atom. The van der Waals surface area contributed by atoms with Gasteiger partial charge in [-0.25, -0.2) is 13.1 Å². The zero-order chi connectivity index (χ0) is 21.3. The molecule has 0 spiro atoms. The lowest BCUT2D eigenvalue weighted by Crippen LogP contribution is -2.36. The maximum absolute atomic E-state index is 13.4. The lowest BCUT2D eigenvalue weighted by Gasteiger charge is -2.24. The molecule has 1 unspecified atom stereocenters. The van der Waals surface area contributed by atoms with E-state index < -0.39 is 10.0 Å². The largest absolute Gasteiger partial charge is 0.305 e. The van der Waals surface area contributed by atoms with E-state index in [0.29, 0.717) is 5.56 Å². The Bertz CT molecular complexity index is 1190. The third kappa shape index (κ3) is 3.88. The van der Waals surface area contributed by atoms with Crippen LogP contribution < -0.4 is 9.62 Å². The van der Waals surface area contributed by atoms with Gasteiger partial charge in [0.05, 0.1) is 4.90 Å². The van der Waals surface area contributed by atoms with Gasteiger partial charge in [-0.05, 0) is 55.2 Å². The number of fused-ring (bicyclic) bond motifs is 1. The first-order valence-corrected chi connectivity index (χ1v) is 11.4. The quantitative estimate of drug-likeness (QED) is 0.677. The smallest absolute Gasteiger partial charge is 0.258 e. The minimum absolute atomic E-state index is 0.0192. The van der Waals surface area contributed by atoms with E-state index >= 15 is 0 Å². The Kier molecular flexibility index (Phi) is 5.45. The second-order valence-corrected chi connectivity index (χ2v) is 9.41. The molecule has 3 aromatic carbocycles. The van der Waals surface area contributed by atoms with Crippen LogP contribution in [0.1, 0.15) is 34.0 Å². The Morgan fingerprint density at radius 3 is 2.50 bits per heavy atom. The molecule has 0 fully saturated rings. The number of para-hydroxylation sites is 1. The van der Waals surface area contributed by atoms with E-state index in [0.717, 1.165) is 28.8 Å². The monoisotopic (exact) mass is 420 g/mol. The van der Waals surface area contributed by atoms with Gasteiger partial charge in [-0.1, -0.05) is 54.6 Å². The normalized spacial score (nSPS) is 15.8. The van der Waals surface area contributed by atoms with Crippen molar-refractivity contribution in [2.24, 2.45) is 0 Å². The Balaban J connectivity index is 1.63. The van der Waals surface area contributed by atoms with Crippen molar-refractivity contribution in [3.63, 3.8) is 0 Å². The summed E-state index contributed by atoms with van der Waals surface area (Å²) in [6.45, 7) is 4.03. The maximum atomic E-state index is 13.4. The van der Waals surface area contributed by atoms with E-state index in [2.05, 4.69) is 4.72 Å². The number of amides is 1. The number of benzene rings is 3. The van der Waals surface area contributed by atoms with Crippen molar-refractivity contribution >= 4 is 21.6 Å². The van der Waals surface area contributed by atoms with Gasteiger partial charge >= 0.3 is 0 Å². The van der Waals surface area contributed by atoms with Crippen LogP contribution in [-0.4, -0.2) is 20.4 Å². The number of hydrogen-bond donors (Lipinski definition) is 1. The van der Waals surface area contributed by atoms with Gasteiger partial charge in [-0.3, -0.25) is 4.79 Å². The van der Waals surface area contributed by atoms with Crippen LogP contribution in [0.25, 0.3) is 0 Å². The molecule has 0 bridgehead atoms. The average molecular weight is 421 g/mol. The van der Waals surface area contributed by atoms with Gasteiger partial charge < -0.3 is 4.90 Å². The summed E-state index contributed by atoms with van der Waals surface area (Å²) in [5, 5.41) is 0. The van der Waals surface area contributed by atoms with Crippen LogP contribution in [0, 0.1) is 6.92 Å². The SMILES string of the molecule is Cc1ccc(S(=O)(=O)NCc2ccccc2)cc1C(=O)N1c2ccccc2CC1C. The highest BCUT2D eigenvalue weighted by molar-refractivity contribution is 7.89. The van der Waals surface area contributed by atoms with Crippen molar-refractivity contribution < 1.29 is 13.2 Å². The summed E-state index contributed by atoms with van der Waals surface area (Å²) in [4.78, 5) is 15.3. The van der Waals surface area contributed by atoms with Crippen LogP contribution in [0.15, 0.2) is 77.7 Å². The van der Waals surface area contributed by atoms with Crippen molar-refractivity contribution in [2.75, 3.05) is 4.90 Å². The minimum Gasteiger partial charge on any atom is -0.305 e. The predicted molar refractivity (Wildman–Crippen MR) is 118 cm³/mol. The van der Waals surface area contributed by atoms with E-state index in [4.69, 9.17) is 0 Å². The third-order valence-corrected chi connectivity index (χ3v) is 6.88. The molecular weight excluding hydrogens is 396 g/mol. The fourth-order valence-corrected chi connectivity index (χ4v) is 4.90. The lowest BCUT2D eigenvalue weighted by atomic mass is 10.1. The predicted octanol–water partition coefficient (Wildman–Crippen LogP) is 4.06. The van der Waals surface area contributed by atoms with E-state index in [1.807, 2.05) is 68.4 Å². The summed E-state index contributed by atoms with van der Waals surface area (Å²) in [5.74, 6) is -0.176. The highest BCUT2D eigenvalue weighted by Gasteiger charge is 2.32. The van der Waals surface area contributed by atoms with Crippen molar-refractivity contribution in [2.45, 2.75) is 37.8 Å². The molecule has 3 aromatic rings. The average Bonchev–Trinajstić information content (AvgIpc) is 3.08. The number of hydrogen-bond acceptors (Lipinski definition) is 3. The number of sulfonamides is 1. The number of rotatable bonds is 5. The van der Waals surface area contributed by atoms with Crippen LogP contribution in [-0.2, 0) is 23.0 Å². The molecule has 1 atom stereocenters. The molecule has 0 saturated heterocycles. The van der Waals surface area contributed by atoms with E-state index in [1.54, 1.807) is 17.0 Å². The molecule has 4 rings (SSSR count). The molecule has 0 aliphatic carbocycles. The standard InChI is InChI=1S/C24H24N2O3S/c1-17-12-13-21(30(28,29)25-16-19-8-4-3-5-9-19)15-22(17)24(27)26-18(2)14-20-10-6-7-11-23(20)26/h3-13,15,18,25H,14,16H2,1-2H3. The topological polar surface area (TPSA) is 66.5 Å².